The molecule has 0 saturated heterocycles. The van der Waals surface area contributed by atoms with E-state index >= 15 is 0 Å². The molecule has 0 aliphatic rings. The Hall–Kier alpha value is -4.75. The van der Waals surface area contributed by atoms with Crippen molar-refractivity contribution in [1.82, 2.24) is 4.98 Å². The normalized spacial score (nSPS) is 11.4. The van der Waals surface area contributed by atoms with Crippen LogP contribution in [0.5, 0.6) is 0 Å². The first-order chi connectivity index (χ1) is 19.2. The van der Waals surface area contributed by atoms with E-state index in [2.05, 4.69) is 134 Å². The Kier molecular flexibility index (Phi) is 5.71. The quantitative estimate of drug-likeness (QED) is 0.220. The van der Waals surface area contributed by atoms with Gasteiger partial charge in [-0.1, -0.05) is 122 Å². The zero-order chi connectivity index (χ0) is 26.3. The predicted octanol–water partition coefficient (Wildman–Crippen LogP) is 10.4. The highest BCUT2D eigenvalue weighted by Crippen LogP contribution is 2.45. The predicted molar refractivity (Wildman–Crippen MR) is 167 cm³/mol. The standard InChI is InChI=1S/C38H29N/c1-3-26-22-23-36(31-12-5-4-11-30(26)31)38-34-15-8-6-13-32(34)37(33-14-7-9-16-35(33)38)28-20-18-27(19-21-28)29-17-10-24-39-25(29)2/h4-24H,3H2,1-2H3. The van der Waals surface area contributed by atoms with Crippen LogP contribution in [0.15, 0.2) is 128 Å². The fraction of sp³-hybridized carbons (Fsp3) is 0.0789. The first kappa shape index (κ1) is 23.4. The van der Waals surface area contributed by atoms with Crippen molar-refractivity contribution in [3.63, 3.8) is 0 Å². The minimum absolute atomic E-state index is 1.02. The van der Waals surface area contributed by atoms with Crippen LogP contribution in [-0.2, 0) is 6.42 Å². The Balaban J connectivity index is 1.53. The van der Waals surface area contributed by atoms with Gasteiger partial charge in [-0.2, -0.15) is 0 Å². The summed E-state index contributed by atoms with van der Waals surface area (Å²) in [4.78, 5) is 4.49. The molecule has 39 heavy (non-hydrogen) atoms. The highest BCUT2D eigenvalue weighted by molar-refractivity contribution is 6.23. The second-order valence-corrected chi connectivity index (χ2v) is 10.2. The van der Waals surface area contributed by atoms with Gasteiger partial charge in [-0.25, -0.2) is 0 Å². The van der Waals surface area contributed by atoms with Gasteiger partial charge in [0.15, 0.2) is 0 Å². The Labute approximate surface area is 229 Å². The summed E-state index contributed by atoms with van der Waals surface area (Å²) in [6, 6.07) is 44.4. The number of nitrogens with zero attached hydrogens (tertiary/aromatic N) is 1. The maximum Gasteiger partial charge on any atom is 0.0450 e. The molecule has 1 nitrogen and oxygen atoms in total. The van der Waals surface area contributed by atoms with Crippen LogP contribution >= 0.6 is 0 Å². The number of fused-ring (bicyclic) bond motifs is 3. The molecule has 0 unspecified atom stereocenters. The third kappa shape index (κ3) is 3.82. The molecule has 1 heteroatoms. The Bertz CT molecular complexity index is 1940. The van der Waals surface area contributed by atoms with E-state index in [0.29, 0.717) is 0 Å². The van der Waals surface area contributed by atoms with E-state index in [-0.39, 0.29) is 0 Å². The van der Waals surface area contributed by atoms with Crippen molar-refractivity contribution < 1.29 is 0 Å². The smallest absolute Gasteiger partial charge is 0.0450 e. The molecule has 1 heterocycles. The van der Waals surface area contributed by atoms with E-state index in [1.165, 1.54) is 71.3 Å². The van der Waals surface area contributed by atoms with Gasteiger partial charge < -0.3 is 0 Å². The molecule has 6 aromatic carbocycles. The van der Waals surface area contributed by atoms with Crippen molar-refractivity contribution in [2.45, 2.75) is 20.3 Å². The lowest BCUT2D eigenvalue weighted by Gasteiger charge is -2.19. The zero-order valence-electron chi connectivity index (χ0n) is 22.3. The van der Waals surface area contributed by atoms with Crippen molar-refractivity contribution in [3.8, 4) is 33.4 Å². The van der Waals surface area contributed by atoms with E-state index in [1.807, 2.05) is 12.3 Å². The number of benzene rings is 6. The summed E-state index contributed by atoms with van der Waals surface area (Å²) in [5.74, 6) is 0. The van der Waals surface area contributed by atoms with E-state index in [9.17, 15) is 0 Å². The highest BCUT2D eigenvalue weighted by Gasteiger charge is 2.18. The van der Waals surface area contributed by atoms with Crippen molar-refractivity contribution in [1.29, 1.82) is 0 Å². The van der Waals surface area contributed by atoms with Crippen LogP contribution < -0.4 is 0 Å². The van der Waals surface area contributed by atoms with Crippen LogP contribution in [-0.4, -0.2) is 4.98 Å². The van der Waals surface area contributed by atoms with Gasteiger partial charge in [-0.3, -0.25) is 4.98 Å². The van der Waals surface area contributed by atoms with Gasteiger partial charge in [0.2, 0.25) is 0 Å². The third-order valence-corrected chi connectivity index (χ3v) is 8.09. The third-order valence-electron chi connectivity index (χ3n) is 8.09. The van der Waals surface area contributed by atoms with Crippen molar-refractivity contribution in [2.24, 2.45) is 0 Å². The summed E-state index contributed by atoms with van der Waals surface area (Å²) in [6.45, 7) is 4.31. The molecule has 0 fully saturated rings. The van der Waals surface area contributed by atoms with Crippen molar-refractivity contribution in [2.75, 3.05) is 0 Å². The van der Waals surface area contributed by atoms with Gasteiger partial charge in [-0.15, -0.1) is 0 Å². The van der Waals surface area contributed by atoms with E-state index in [1.54, 1.807) is 0 Å². The lowest BCUT2D eigenvalue weighted by molar-refractivity contribution is 1.16. The summed E-state index contributed by atoms with van der Waals surface area (Å²) in [5.41, 5.74) is 9.93. The molecule has 0 amide bonds. The molecular weight excluding hydrogens is 470 g/mol. The molecule has 0 aliphatic carbocycles. The fourth-order valence-corrected chi connectivity index (χ4v) is 6.22. The van der Waals surface area contributed by atoms with Crippen LogP contribution in [0.2, 0.25) is 0 Å². The first-order valence-corrected chi connectivity index (χ1v) is 13.7. The minimum Gasteiger partial charge on any atom is -0.261 e. The van der Waals surface area contributed by atoms with E-state index < -0.39 is 0 Å². The summed E-state index contributed by atoms with van der Waals surface area (Å²) < 4.78 is 0. The van der Waals surface area contributed by atoms with Gasteiger partial charge in [0.25, 0.3) is 0 Å². The molecule has 0 radical (unpaired) electrons. The number of hydrogen-bond acceptors (Lipinski definition) is 1. The topological polar surface area (TPSA) is 12.9 Å². The molecule has 0 bridgehead atoms. The van der Waals surface area contributed by atoms with Crippen LogP contribution in [0.25, 0.3) is 65.7 Å². The summed E-state index contributed by atoms with van der Waals surface area (Å²) in [6.07, 6.45) is 2.88. The largest absolute Gasteiger partial charge is 0.261 e. The van der Waals surface area contributed by atoms with Gasteiger partial charge in [0, 0.05) is 17.5 Å². The molecule has 0 spiro atoms. The average Bonchev–Trinajstić information content (AvgIpc) is 3.00. The maximum atomic E-state index is 4.49. The average molecular weight is 500 g/mol. The van der Waals surface area contributed by atoms with E-state index in [4.69, 9.17) is 0 Å². The number of pyridine rings is 1. The molecular formula is C38H29N. The van der Waals surface area contributed by atoms with Gasteiger partial charge in [0.1, 0.15) is 0 Å². The van der Waals surface area contributed by atoms with Gasteiger partial charge >= 0.3 is 0 Å². The number of rotatable bonds is 4. The molecule has 7 aromatic rings. The lowest BCUT2D eigenvalue weighted by Crippen LogP contribution is -1.93. The van der Waals surface area contributed by atoms with Crippen LogP contribution in [0, 0.1) is 6.92 Å². The monoisotopic (exact) mass is 499 g/mol. The molecule has 0 N–H and O–H groups in total. The second kappa shape index (κ2) is 9.53. The summed E-state index contributed by atoms with van der Waals surface area (Å²) in [5, 5.41) is 7.79. The number of aryl methyl sites for hydroxylation is 2. The minimum atomic E-state index is 1.02. The molecule has 7 rings (SSSR count). The first-order valence-electron chi connectivity index (χ1n) is 13.7. The maximum absolute atomic E-state index is 4.49. The summed E-state index contributed by atoms with van der Waals surface area (Å²) >= 11 is 0. The zero-order valence-corrected chi connectivity index (χ0v) is 22.3. The Morgan fingerprint density at radius 1 is 0.462 bits per heavy atom. The van der Waals surface area contributed by atoms with Crippen molar-refractivity contribution >= 4 is 32.3 Å². The van der Waals surface area contributed by atoms with Crippen LogP contribution in [0.1, 0.15) is 18.2 Å². The molecule has 1 aromatic heterocycles. The molecule has 186 valence electrons. The molecule has 0 aliphatic heterocycles. The van der Waals surface area contributed by atoms with E-state index in [0.717, 1.165) is 12.1 Å². The molecule has 0 atom stereocenters. The number of aromatic nitrogens is 1. The molecule has 0 saturated carbocycles. The van der Waals surface area contributed by atoms with Crippen molar-refractivity contribution in [3.05, 3.63) is 139 Å². The van der Waals surface area contributed by atoms with Crippen LogP contribution in [0.4, 0.5) is 0 Å². The number of hydrogen-bond donors (Lipinski definition) is 0. The lowest BCUT2D eigenvalue weighted by atomic mass is 9.84. The van der Waals surface area contributed by atoms with Gasteiger partial charge in [-0.05, 0) is 85.1 Å². The van der Waals surface area contributed by atoms with Crippen LogP contribution in [0.3, 0.4) is 0 Å². The van der Waals surface area contributed by atoms with Gasteiger partial charge in [0.05, 0.1) is 0 Å². The Morgan fingerprint density at radius 2 is 1.00 bits per heavy atom. The Morgan fingerprint density at radius 3 is 1.59 bits per heavy atom. The summed E-state index contributed by atoms with van der Waals surface area (Å²) in [7, 11) is 0. The fourth-order valence-electron chi connectivity index (χ4n) is 6.22. The second-order valence-electron chi connectivity index (χ2n) is 10.2. The SMILES string of the molecule is CCc1ccc(-c2c3ccccc3c(-c3ccc(-c4cccnc4C)cc3)c3ccccc23)c2ccccc12. The highest BCUT2D eigenvalue weighted by atomic mass is 14.7.